The van der Waals surface area contributed by atoms with Gasteiger partial charge in [-0.2, -0.15) is 0 Å². The summed E-state index contributed by atoms with van der Waals surface area (Å²) in [6.45, 7) is 6.44. The fourth-order valence-electron chi connectivity index (χ4n) is 3.04. The number of carbonyl (C=O) groups is 1. The van der Waals surface area contributed by atoms with Gasteiger partial charge in [0, 0.05) is 0 Å². The molecule has 0 amide bonds. The molecule has 1 aromatic heterocycles. The number of hydrogen-bond donors (Lipinski definition) is 1. The molecule has 0 saturated heterocycles. The van der Waals surface area contributed by atoms with Crippen LogP contribution < -0.4 is 9.47 Å². The zero-order valence-corrected chi connectivity index (χ0v) is 19.9. The number of pyridine rings is 1. The minimum atomic E-state index is -0.923. The molecule has 0 atom stereocenters. The lowest BCUT2D eigenvalue weighted by Gasteiger charge is -2.13. The highest BCUT2D eigenvalue weighted by Crippen LogP contribution is 2.24. The molecule has 0 aliphatic rings. The standard InChI is InChI=1S/C23H22BrNO4.C2H6/c1-15-11-17(13-19(12-15)28-2)14-29-21-9-10-22(24)25-20(21)8-5-16-3-6-18(7-4-16)23(26)27;1-2/h3-4,6-7,9-13H,5,8,14H2,1-2H3,(H,26,27);1-2H3. The van der Waals surface area contributed by atoms with Crippen LogP contribution in [0.25, 0.3) is 0 Å². The van der Waals surface area contributed by atoms with Crippen molar-refractivity contribution in [2.45, 2.75) is 40.2 Å². The number of aromatic carboxylic acids is 1. The third-order valence-electron chi connectivity index (χ3n) is 4.49. The lowest BCUT2D eigenvalue weighted by atomic mass is 10.1. The van der Waals surface area contributed by atoms with Gasteiger partial charge in [0.1, 0.15) is 22.7 Å². The predicted molar refractivity (Wildman–Crippen MR) is 126 cm³/mol. The Bertz CT molecular complexity index is 1000. The van der Waals surface area contributed by atoms with Gasteiger partial charge in [0.05, 0.1) is 18.4 Å². The van der Waals surface area contributed by atoms with Crippen LogP contribution in [-0.2, 0) is 19.4 Å². The monoisotopic (exact) mass is 485 g/mol. The molecule has 0 spiro atoms. The van der Waals surface area contributed by atoms with E-state index in [1.807, 2.05) is 57.2 Å². The Labute approximate surface area is 192 Å². The summed E-state index contributed by atoms with van der Waals surface area (Å²) in [6.07, 6.45) is 1.41. The topological polar surface area (TPSA) is 68.7 Å². The van der Waals surface area contributed by atoms with Gasteiger partial charge >= 0.3 is 5.97 Å². The fraction of sp³-hybridized carbons (Fsp3) is 0.280. The summed E-state index contributed by atoms with van der Waals surface area (Å²) in [6, 6.07) is 16.7. The second-order valence-electron chi connectivity index (χ2n) is 6.73. The van der Waals surface area contributed by atoms with Gasteiger partial charge in [-0.25, -0.2) is 9.78 Å². The van der Waals surface area contributed by atoms with Gasteiger partial charge in [0.25, 0.3) is 0 Å². The van der Waals surface area contributed by atoms with Crippen molar-refractivity contribution in [3.63, 3.8) is 0 Å². The van der Waals surface area contributed by atoms with Crippen LogP contribution in [0.15, 0.2) is 59.2 Å². The lowest BCUT2D eigenvalue weighted by Crippen LogP contribution is -2.03. The molecule has 2 aromatic carbocycles. The molecule has 164 valence electrons. The van der Waals surface area contributed by atoms with E-state index in [0.29, 0.717) is 13.0 Å². The number of carboxylic acids is 1. The molecule has 0 bridgehead atoms. The maximum Gasteiger partial charge on any atom is 0.335 e. The number of aromatic nitrogens is 1. The van der Waals surface area contributed by atoms with Gasteiger partial charge < -0.3 is 14.6 Å². The number of carboxylic acid groups (broad SMARTS) is 1. The number of hydrogen-bond acceptors (Lipinski definition) is 4. The zero-order chi connectivity index (χ0) is 22.8. The SMILES string of the molecule is CC.COc1cc(C)cc(COc2ccc(Br)nc2CCc2ccc(C(=O)O)cc2)c1. The van der Waals surface area contributed by atoms with Crippen molar-refractivity contribution in [1.82, 2.24) is 4.98 Å². The summed E-state index contributed by atoms with van der Waals surface area (Å²) in [5.41, 5.74) is 4.32. The van der Waals surface area contributed by atoms with Gasteiger partial charge in [-0.05, 0) is 88.8 Å². The van der Waals surface area contributed by atoms with E-state index in [2.05, 4.69) is 27.0 Å². The molecule has 3 rings (SSSR count). The van der Waals surface area contributed by atoms with Gasteiger partial charge in [-0.1, -0.05) is 32.0 Å². The third-order valence-corrected chi connectivity index (χ3v) is 4.93. The van der Waals surface area contributed by atoms with Gasteiger partial charge in [-0.15, -0.1) is 0 Å². The van der Waals surface area contributed by atoms with Crippen LogP contribution in [0.4, 0.5) is 0 Å². The van der Waals surface area contributed by atoms with Crippen molar-refractivity contribution in [3.8, 4) is 11.5 Å². The van der Waals surface area contributed by atoms with Gasteiger partial charge in [0.2, 0.25) is 0 Å². The van der Waals surface area contributed by atoms with Crippen LogP contribution in [0, 0.1) is 6.92 Å². The van der Waals surface area contributed by atoms with Crippen LogP contribution in [0.3, 0.4) is 0 Å². The molecule has 0 fully saturated rings. The van der Waals surface area contributed by atoms with Crippen LogP contribution in [0.2, 0.25) is 0 Å². The van der Waals surface area contributed by atoms with Crippen LogP contribution in [-0.4, -0.2) is 23.2 Å². The van der Waals surface area contributed by atoms with E-state index in [1.54, 1.807) is 19.2 Å². The molecule has 5 nitrogen and oxygen atoms in total. The number of aryl methyl sites for hydroxylation is 3. The fourth-order valence-corrected chi connectivity index (χ4v) is 3.38. The van der Waals surface area contributed by atoms with Crippen molar-refractivity contribution >= 4 is 21.9 Å². The van der Waals surface area contributed by atoms with E-state index < -0.39 is 5.97 Å². The number of methoxy groups -OCH3 is 1. The average molecular weight is 486 g/mol. The molecule has 1 heterocycles. The summed E-state index contributed by atoms with van der Waals surface area (Å²) in [5, 5.41) is 9.01. The molecule has 0 aliphatic carbocycles. The zero-order valence-electron chi connectivity index (χ0n) is 18.3. The quantitative estimate of drug-likeness (QED) is 0.381. The Morgan fingerprint density at radius 1 is 1.00 bits per heavy atom. The van der Waals surface area contributed by atoms with Crippen LogP contribution in [0.5, 0.6) is 11.5 Å². The summed E-state index contributed by atoms with van der Waals surface area (Å²) in [5.74, 6) is 0.618. The Morgan fingerprint density at radius 2 is 1.71 bits per heavy atom. The Hall–Kier alpha value is -2.86. The smallest absolute Gasteiger partial charge is 0.335 e. The Balaban J connectivity index is 0.00000166. The highest BCUT2D eigenvalue weighted by atomic mass is 79.9. The number of ether oxygens (including phenoxy) is 2. The number of benzene rings is 2. The molecule has 1 N–H and O–H groups in total. The third kappa shape index (κ3) is 7.40. The van der Waals surface area contributed by atoms with Crippen LogP contribution in [0.1, 0.15) is 46.6 Å². The predicted octanol–water partition coefficient (Wildman–Crippen LogP) is 6.25. The molecule has 0 unspecified atom stereocenters. The normalized spacial score (nSPS) is 10.1. The molecule has 0 aliphatic heterocycles. The van der Waals surface area contributed by atoms with Crippen LogP contribution >= 0.6 is 15.9 Å². The number of nitrogens with zero attached hydrogens (tertiary/aromatic N) is 1. The molecule has 0 saturated carbocycles. The number of rotatable bonds is 8. The van der Waals surface area contributed by atoms with Crippen molar-refractivity contribution < 1.29 is 19.4 Å². The first-order valence-corrected chi connectivity index (χ1v) is 11.0. The molecule has 6 heteroatoms. The van der Waals surface area contributed by atoms with Gasteiger partial charge in [0.15, 0.2) is 0 Å². The highest BCUT2D eigenvalue weighted by Gasteiger charge is 2.09. The Morgan fingerprint density at radius 3 is 2.35 bits per heavy atom. The van der Waals surface area contributed by atoms with E-state index in [9.17, 15) is 4.79 Å². The Kier molecular flexibility index (Phi) is 9.53. The summed E-state index contributed by atoms with van der Waals surface area (Å²) in [7, 11) is 1.65. The first kappa shape index (κ1) is 24.4. The first-order chi connectivity index (χ1) is 14.9. The second kappa shape index (κ2) is 12.1. The number of halogens is 1. The van der Waals surface area contributed by atoms with Crippen molar-refractivity contribution in [1.29, 1.82) is 0 Å². The van der Waals surface area contributed by atoms with Crippen molar-refractivity contribution in [3.05, 3.63) is 87.1 Å². The molecule has 31 heavy (non-hydrogen) atoms. The molecule has 3 aromatic rings. The largest absolute Gasteiger partial charge is 0.497 e. The van der Waals surface area contributed by atoms with E-state index in [4.69, 9.17) is 14.6 Å². The summed E-state index contributed by atoms with van der Waals surface area (Å²) >= 11 is 3.42. The molecular weight excluding hydrogens is 458 g/mol. The molecular formula is C25H28BrNO4. The van der Waals surface area contributed by atoms with E-state index in [-0.39, 0.29) is 5.56 Å². The summed E-state index contributed by atoms with van der Waals surface area (Å²) in [4.78, 5) is 15.6. The van der Waals surface area contributed by atoms with Gasteiger partial charge in [-0.3, -0.25) is 0 Å². The summed E-state index contributed by atoms with van der Waals surface area (Å²) < 4.78 is 12.1. The average Bonchev–Trinajstić information content (AvgIpc) is 2.78. The van der Waals surface area contributed by atoms with Crippen molar-refractivity contribution in [2.75, 3.05) is 7.11 Å². The van der Waals surface area contributed by atoms with E-state index in [1.165, 1.54) is 0 Å². The van der Waals surface area contributed by atoms with E-state index >= 15 is 0 Å². The van der Waals surface area contributed by atoms with Crippen molar-refractivity contribution in [2.24, 2.45) is 0 Å². The lowest BCUT2D eigenvalue weighted by molar-refractivity contribution is 0.0697. The maximum absolute atomic E-state index is 11.0. The maximum atomic E-state index is 11.0. The highest BCUT2D eigenvalue weighted by molar-refractivity contribution is 9.10. The second-order valence-corrected chi connectivity index (χ2v) is 7.54. The molecule has 0 radical (unpaired) electrons. The van der Waals surface area contributed by atoms with E-state index in [0.717, 1.165) is 44.9 Å². The minimum Gasteiger partial charge on any atom is -0.497 e. The minimum absolute atomic E-state index is 0.284. The first-order valence-electron chi connectivity index (χ1n) is 10.2.